The number of carbonyl (C=O) groups is 2. The van der Waals surface area contributed by atoms with Gasteiger partial charge in [0, 0.05) is 27.6 Å². The van der Waals surface area contributed by atoms with E-state index in [-0.39, 0.29) is 17.1 Å². The lowest BCUT2D eigenvalue weighted by Crippen LogP contribution is -1.99. The van der Waals surface area contributed by atoms with E-state index in [2.05, 4.69) is 0 Å². The summed E-state index contributed by atoms with van der Waals surface area (Å²) in [5.41, 5.74) is 1.78. The Bertz CT molecular complexity index is 1000. The van der Waals surface area contributed by atoms with Crippen molar-refractivity contribution in [1.29, 1.82) is 0 Å². The number of carboxylic acid groups (broad SMARTS) is 1. The number of hydrogen-bond donors (Lipinski definition) is 2. The Morgan fingerprint density at radius 3 is 2.37 bits per heavy atom. The van der Waals surface area contributed by atoms with Crippen molar-refractivity contribution >= 4 is 29.2 Å². The van der Waals surface area contributed by atoms with Gasteiger partial charge in [0.15, 0.2) is 5.78 Å². The number of methoxy groups -OCH3 is 1. The SMILES string of the molecule is COc1cc(O)c(C=CC(=O)c2ccc(C(=O)O)cc2)cc1-c1cccs1. The van der Waals surface area contributed by atoms with Crippen LogP contribution in [-0.4, -0.2) is 29.1 Å². The first kappa shape index (κ1) is 18.4. The molecule has 0 fully saturated rings. The standard InChI is InChI=1S/C21H16O5S/c1-26-19-12-18(23)15(11-16(19)20-3-2-10-27-20)8-9-17(22)13-4-6-14(7-5-13)21(24)25/h2-12,23H,1H3,(H,24,25). The molecule has 0 aliphatic carbocycles. The topological polar surface area (TPSA) is 83.8 Å². The van der Waals surface area contributed by atoms with Crippen molar-refractivity contribution < 1.29 is 24.5 Å². The quantitative estimate of drug-likeness (QED) is 0.477. The van der Waals surface area contributed by atoms with Gasteiger partial charge in [0.1, 0.15) is 11.5 Å². The molecule has 0 amide bonds. The molecule has 1 aromatic heterocycles. The molecule has 0 atom stereocenters. The van der Waals surface area contributed by atoms with Gasteiger partial charge in [-0.15, -0.1) is 11.3 Å². The monoisotopic (exact) mass is 380 g/mol. The molecule has 3 rings (SSSR count). The molecule has 0 saturated carbocycles. The van der Waals surface area contributed by atoms with Crippen molar-refractivity contribution in [1.82, 2.24) is 0 Å². The van der Waals surface area contributed by atoms with Crippen LogP contribution in [0.5, 0.6) is 11.5 Å². The Morgan fingerprint density at radius 1 is 1.07 bits per heavy atom. The molecular weight excluding hydrogens is 364 g/mol. The van der Waals surface area contributed by atoms with Crippen LogP contribution in [0, 0.1) is 0 Å². The molecule has 5 nitrogen and oxygen atoms in total. The first-order valence-corrected chi connectivity index (χ1v) is 8.88. The van der Waals surface area contributed by atoms with Crippen molar-refractivity contribution in [3.05, 3.63) is 76.7 Å². The van der Waals surface area contributed by atoms with E-state index in [4.69, 9.17) is 9.84 Å². The van der Waals surface area contributed by atoms with Crippen LogP contribution >= 0.6 is 11.3 Å². The van der Waals surface area contributed by atoms with Crippen LogP contribution in [0.3, 0.4) is 0 Å². The highest BCUT2D eigenvalue weighted by atomic mass is 32.1. The average Bonchev–Trinajstić information content (AvgIpc) is 3.21. The Morgan fingerprint density at radius 2 is 1.78 bits per heavy atom. The van der Waals surface area contributed by atoms with E-state index in [1.807, 2.05) is 17.5 Å². The van der Waals surface area contributed by atoms with Crippen LogP contribution in [0.2, 0.25) is 0 Å². The molecular formula is C21H16O5S. The lowest BCUT2D eigenvalue weighted by Gasteiger charge is -2.10. The Labute approximate surface area is 159 Å². The predicted molar refractivity (Wildman–Crippen MR) is 105 cm³/mol. The lowest BCUT2D eigenvalue weighted by molar-refractivity contribution is 0.0696. The summed E-state index contributed by atoms with van der Waals surface area (Å²) in [6.07, 6.45) is 2.87. The van der Waals surface area contributed by atoms with Gasteiger partial charge in [-0.05, 0) is 41.8 Å². The summed E-state index contributed by atoms with van der Waals surface area (Å²) in [5.74, 6) is -0.797. The van der Waals surface area contributed by atoms with E-state index in [1.54, 1.807) is 17.4 Å². The summed E-state index contributed by atoms with van der Waals surface area (Å²) in [4.78, 5) is 24.2. The molecule has 0 bridgehead atoms. The van der Waals surface area contributed by atoms with Crippen LogP contribution in [0.4, 0.5) is 0 Å². The second kappa shape index (κ2) is 7.88. The van der Waals surface area contributed by atoms with Crippen LogP contribution in [0.1, 0.15) is 26.3 Å². The number of ether oxygens (including phenoxy) is 1. The Kier molecular flexibility index (Phi) is 5.38. The summed E-state index contributed by atoms with van der Waals surface area (Å²) in [6.45, 7) is 0. The van der Waals surface area contributed by atoms with Gasteiger partial charge in [-0.2, -0.15) is 0 Å². The van der Waals surface area contributed by atoms with E-state index >= 15 is 0 Å². The molecule has 0 unspecified atom stereocenters. The lowest BCUT2D eigenvalue weighted by atomic mass is 10.0. The van der Waals surface area contributed by atoms with Gasteiger partial charge in [0.05, 0.1) is 12.7 Å². The number of carboxylic acids is 1. The minimum atomic E-state index is -1.05. The minimum absolute atomic E-state index is 0.00238. The van der Waals surface area contributed by atoms with Crippen molar-refractivity contribution in [2.75, 3.05) is 7.11 Å². The summed E-state index contributed by atoms with van der Waals surface area (Å²) in [5, 5.41) is 21.1. The second-order valence-corrected chi connectivity index (χ2v) is 6.62. The Hall–Kier alpha value is -3.38. The zero-order chi connectivity index (χ0) is 19.4. The molecule has 0 radical (unpaired) electrons. The molecule has 0 aliphatic heterocycles. The minimum Gasteiger partial charge on any atom is -0.507 e. The largest absolute Gasteiger partial charge is 0.507 e. The van der Waals surface area contributed by atoms with Crippen molar-refractivity contribution in [2.24, 2.45) is 0 Å². The molecule has 2 N–H and O–H groups in total. The van der Waals surface area contributed by atoms with Crippen molar-refractivity contribution in [2.45, 2.75) is 0 Å². The van der Waals surface area contributed by atoms with Crippen molar-refractivity contribution in [3.63, 3.8) is 0 Å². The number of carbonyl (C=O) groups excluding carboxylic acids is 1. The van der Waals surface area contributed by atoms with E-state index < -0.39 is 5.97 Å². The number of thiophene rings is 1. The number of hydrogen-bond acceptors (Lipinski definition) is 5. The number of phenolic OH excluding ortho intramolecular Hbond substituents is 1. The van der Waals surface area contributed by atoms with Crippen LogP contribution in [-0.2, 0) is 0 Å². The highest BCUT2D eigenvalue weighted by Crippen LogP contribution is 2.38. The molecule has 1 heterocycles. The van der Waals surface area contributed by atoms with Crippen molar-refractivity contribution in [3.8, 4) is 21.9 Å². The first-order chi connectivity index (χ1) is 13.0. The van der Waals surface area contributed by atoms with Gasteiger partial charge in [-0.25, -0.2) is 4.79 Å². The van der Waals surface area contributed by atoms with Crippen LogP contribution in [0.25, 0.3) is 16.5 Å². The highest BCUT2D eigenvalue weighted by molar-refractivity contribution is 7.13. The summed E-state index contributed by atoms with van der Waals surface area (Å²) in [6, 6.07) is 12.8. The van der Waals surface area contributed by atoms with E-state index in [9.17, 15) is 14.7 Å². The fourth-order valence-electron chi connectivity index (χ4n) is 2.55. The number of rotatable bonds is 6. The van der Waals surface area contributed by atoms with Gasteiger partial charge in [-0.1, -0.05) is 18.2 Å². The van der Waals surface area contributed by atoms with E-state index in [0.717, 1.165) is 10.4 Å². The molecule has 3 aromatic rings. The average molecular weight is 380 g/mol. The van der Waals surface area contributed by atoms with Gasteiger partial charge in [-0.3, -0.25) is 4.79 Å². The van der Waals surface area contributed by atoms with Gasteiger partial charge in [0.2, 0.25) is 0 Å². The summed E-state index contributed by atoms with van der Waals surface area (Å²) in [7, 11) is 1.53. The van der Waals surface area contributed by atoms with E-state index in [0.29, 0.717) is 16.9 Å². The third-order valence-corrected chi connectivity index (χ3v) is 4.87. The molecule has 2 aromatic carbocycles. The smallest absolute Gasteiger partial charge is 0.335 e. The zero-order valence-corrected chi connectivity index (χ0v) is 15.2. The highest BCUT2D eigenvalue weighted by Gasteiger charge is 2.12. The number of ketones is 1. The third-order valence-electron chi connectivity index (χ3n) is 3.97. The first-order valence-electron chi connectivity index (χ1n) is 8.00. The fourth-order valence-corrected chi connectivity index (χ4v) is 3.30. The fraction of sp³-hybridized carbons (Fsp3) is 0.0476. The molecule has 0 aliphatic rings. The number of phenols is 1. The number of allylic oxidation sites excluding steroid dienone is 1. The molecule has 27 heavy (non-hydrogen) atoms. The number of benzene rings is 2. The van der Waals surface area contributed by atoms with Crippen LogP contribution < -0.4 is 4.74 Å². The predicted octanol–water partition coefficient (Wildman–Crippen LogP) is 4.72. The number of aromatic carboxylic acids is 1. The van der Waals surface area contributed by atoms with E-state index in [1.165, 1.54) is 49.6 Å². The molecule has 136 valence electrons. The summed E-state index contributed by atoms with van der Waals surface area (Å²) >= 11 is 1.54. The zero-order valence-electron chi connectivity index (χ0n) is 14.4. The molecule has 0 saturated heterocycles. The Balaban J connectivity index is 1.89. The van der Waals surface area contributed by atoms with Gasteiger partial charge < -0.3 is 14.9 Å². The van der Waals surface area contributed by atoms with Gasteiger partial charge >= 0.3 is 5.97 Å². The number of aromatic hydroxyl groups is 1. The van der Waals surface area contributed by atoms with Crippen LogP contribution in [0.15, 0.2) is 60.0 Å². The normalized spacial score (nSPS) is 10.9. The maximum absolute atomic E-state index is 12.3. The summed E-state index contributed by atoms with van der Waals surface area (Å²) < 4.78 is 5.34. The maximum Gasteiger partial charge on any atom is 0.335 e. The molecule has 0 spiro atoms. The maximum atomic E-state index is 12.3. The third kappa shape index (κ3) is 4.07. The van der Waals surface area contributed by atoms with Gasteiger partial charge in [0.25, 0.3) is 0 Å². The second-order valence-electron chi connectivity index (χ2n) is 5.67. The molecule has 6 heteroatoms.